The number of benzene rings is 1. The first-order valence-electron chi connectivity index (χ1n) is 6.88. The molecule has 24 heavy (non-hydrogen) atoms. The Balaban J connectivity index is 0. The van der Waals surface area contributed by atoms with Crippen molar-refractivity contribution in [1.29, 1.82) is 0 Å². The zero-order chi connectivity index (χ0) is 13.9. The predicted octanol–water partition coefficient (Wildman–Crippen LogP) is -12.4. The molecular weight excluding hydrogens is 359 g/mol. The maximum absolute atomic E-state index is 9.43. The molecule has 1 aromatic carbocycles. The fourth-order valence-electron chi connectivity index (χ4n) is 2.36. The van der Waals surface area contributed by atoms with Crippen molar-refractivity contribution in [3.05, 3.63) is 35.4 Å². The van der Waals surface area contributed by atoms with E-state index in [9.17, 15) is 10.2 Å². The summed E-state index contributed by atoms with van der Waals surface area (Å²) in [5.41, 5.74) is 2.13. The smallest absolute Gasteiger partial charge is 0.275 e. The molecule has 0 saturated heterocycles. The predicted molar refractivity (Wildman–Crippen MR) is 81.6 cm³/mol. The van der Waals surface area contributed by atoms with Crippen molar-refractivity contribution in [2.75, 3.05) is 26.2 Å². The lowest BCUT2D eigenvalue weighted by Gasteiger charge is -2.14. The van der Waals surface area contributed by atoms with E-state index in [0.29, 0.717) is 26.2 Å². The maximum Gasteiger partial charge on any atom is 0.275 e. The molecule has 0 unspecified atom stereocenters. The molecule has 0 saturated carbocycles. The number of halogens is 2. The minimum absolute atomic E-state index is 0. The van der Waals surface area contributed by atoms with E-state index in [2.05, 4.69) is 20.6 Å². The van der Waals surface area contributed by atoms with Crippen LogP contribution >= 0.6 is 0 Å². The lowest BCUT2D eigenvalue weighted by Crippen LogP contribution is -3.00. The van der Waals surface area contributed by atoms with E-state index in [-0.39, 0.29) is 48.0 Å². The van der Waals surface area contributed by atoms with Crippen molar-refractivity contribution >= 4 is 11.7 Å². The fourth-order valence-corrected chi connectivity index (χ4v) is 2.36. The third kappa shape index (κ3) is 5.90. The van der Waals surface area contributed by atoms with Crippen LogP contribution in [0.25, 0.3) is 0 Å². The molecule has 0 aliphatic carbocycles. The molecule has 0 aromatic heterocycles. The van der Waals surface area contributed by atoms with Gasteiger partial charge in [-0.05, 0) is 24.3 Å². The summed E-state index contributed by atoms with van der Waals surface area (Å²) in [6, 6.07) is 8.13. The van der Waals surface area contributed by atoms with E-state index >= 15 is 0 Å². The highest BCUT2D eigenvalue weighted by atomic mass is 35.5. The molecule has 0 fully saturated rings. The van der Waals surface area contributed by atoms with Gasteiger partial charge in [0.2, 0.25) is 0 Å². The van der Waals surface area contributed by atoms with E-state index in [1.165, 1.54) is 0 Å². The van der Waals surface area contributed by atoms with E-state index < -0.39 is 0 Å². The molecule has 1 aromatic rings. The van der Waals surface area contributed by atoms with Crippen molar-refractivity contribution in [1.82, 2.24) is 10.6 Å². The van der Waals surface area contributed by atoms with Crippen molar-refractivity contribution in [2.24, 2.45) is 0 Å². The van der Waals surface area contributed by atoms with Crippen LogP contribution in [0.4, 0.5) is 0 Å². The van der Waals surface area contributed by atoms with Crippen LogP contribution in [0.2, 0.25) is 0 Å². The highest BCUT2D eigenvalue weighted by molar-refractivity contribution is 5.98. The van der Waals surface area contributed by atoms with Crippen LogP contribution in [0.1, 0.15) is 11.1 Å². The van der Waals surface area contributed by atoms with Crippen LogP contribution in [-0.2, 0) is 0 Å². The highest BCUT2D eigenvalue weighted by Gasteiger charge is 2.21. The molecule has 10 N–H and O–H groups in total. The molecular formula is C14H24Cl2N4O4. The topological polar surface area (TPSA) is 155 Å². The highest BCUT2D eigenvalue weighted by Crippen LogP contribution is 2.04. The number of amidine groups is 2. The van der Waals surface area contributed by atoms with Gasteiger partial charge >= 0.3 is 0 Å². The average Bonchev–Trinajstić information content (AvgIpc) is 2.49. The van der Waals surface area contributed by atoms with Crippen molar-refractivity contribution in [3.63, 3.8) is 0 Å². The van der Waals surface area contributed by atoms with Crippen LogP contribution in [0.15, 0.2) is 24.3 Å². The van der Waals surface area contributed by atoms with Gasteiger partial charge in [-0.1, -0.05) is 0 Å². The number of hydrogen-bond acceptors (Lipinski definition) is 4. The van der Waals surface area contributed by atoms with Gasteiger partial charge in [0, 0.05) is 0 Å². The third-order valence-electron chi connectivity index (χ3n) is 3.52. The number of aliphatic hydroxyl groups excluding tert-OH is 2. The Morgan fingerprint density at radius 3 is 1.33 bits per heavy atom. The molecule has 3 rings (SSSR count). The third-order valence-corrected chi connectivity index (χ3v) is 3.52. The summed E-state index contributed by atoms with van der Waals surface area (Å²) >= 11 is 0. The van der Waals surface area contributed by atoms with Crippen molar-refractivity contribution < 1.29 is 56.0 Å². The van der Waals surface area contributed by atoms with E-state index in [0.717, 1.165) is 22.8 Å². The first kappa shape index (κ1) is 24.8. The summed E-state index contributed by atoms with van der Waals surface area (Å²) in [7, 11) is 0. The lowest BCUT2D eigenvalue weighted by atomic mass is 10.1. The van der Waals surface area contributed by atoms with Crippen LogP contribution in [-0.4, -0.2) is 71.2 Å². The molecule has 2 aliphatic heterocycles. The van der Waals surface area contributed by atoms with E-state index in [1.807, 2.05) is 24.3 Å². The van der Waals surface area contributed by atoms with Gasteiger partial charge in [-0.15, -0.1) is 0 Å². The zero-order valence-corrected chi connectivity index (χ0v) is 14.5. The Morgan fingerprint density at radius 1 is 0.750 bits per heavy atom. The molecule has 0 bridgehead atoms. The Labute approximate surface area is 152 Å². The zero-order valence-electron chi connectivity index (χ0n) is 12.9. The number of rotatable bonds is 2. The standard InChI is InChI=1S/C14H18N4O2.2ClH.2H2O/c19-11-5-15-13(16-6-11)9-1-2-10(4-3-9)14-17-7-12(20)8-18-14;;;;/h1-4,11-12,19-20H,5-8H2,(H,15,16)(H,17,18);2*1H;2*1H2. The second-order valence-electron chi connectivity index (χ2n) is 5.16. The summed E-state index contributed by atoms with van der Waals surface area (Å²) in [5.74, 6) is 1.90. The van der Waals surface area contributed by atoms with E-state index in [1.54, 1.807) is 0 Å². The summed E-state index contributed by atoms with van der Waals surface area (Å²) in [6.45, 7) is 2.29. The van der Waals surface area contributed by atoms with Crippen LogP contribution < -0.4 is 45.4 Å². The monoisotopic (exact) mass is 382 g/mol. The Hall–Kier alpha value is -1.42. The Kier molecular flexibility index (Phi) is 11.6. The van der Waals surface area contributed by atoms with Crippen LogP contribution in [0.3, 0.4) is 0 Å². The maximum atomic E-state index is 9.43. The second kappa shape index (κ2) is 11.2. The quantitative estimate of drug-likeness (QED) is 0.300. The van der Waals surface area contributed by atoms with Crippen molar-refractivity contribution in [3.8, 4) is 0 Å². The fraction of sp³-hybridized carbons (Fsp3) is 0.429. The summed E-state index contributed by atoms with van der Waals surface area (Å²) < 4.78 is 0. The Morgan fingerprint density at radius 2 is 1.08 bits per heavy atom. The van der Waals surface area contributed by atoms with Gasteiger partial charge < -0.3 is 46.0 Å². The first-order chi connectivity index (χ1) is 9.72. The van der Waals surface area contributed by atoms with Crippen molar-refractivity contribution in [2.45, 2.75) is 12.2 Å². The first-order valence-corrected chi connectivity index (χ1v) is 6.88. The molecule has 2 heterocycles. The van der Waals surface area contributed by atoms with Gasteiger partial charge in [-0.2, -0.15) is 0 Å². The molecule has 0 radical (unpaired) electrons. The molecule has 10 heteroatoms. The molecule has 8 nitrogen and oxygen atoms in total. The Bertz CT molecular complexity index is 505. The largest absolute Gasteiger partial charge is 1.00 e. The summed E-state index contributed by atoms with van der Waals surface area (Å²) in [4.78, 5) is 6.35. The lowest BCUT2D eigenvalue weighted by molar-refractivity contribution is -0.476. The van der Waals surface area contributed by atoms with Gasteiger partial charge in [0.25, 0.3) is 11.7 Å². The van der Waals surface area contributed by atoms with Crippen LogP contribution in [0, 0.1) is 0 Å². The minimum atomic E-state index is -0.337. The van der Waals surface area contributed by atoms with Crippen LogP contribution in [0.5, 0.6) is 0 Å². The van der Waals surface area contributed by atoms with Gasteiger partial charge in [-0.3, -0.25) is 20.6 Å². The minimum Gasteiger partial charge on any atom is -1.00 e. The van der Waals surface area contributed by atoms with E-state index in [4.69, 9.17) is 0 Å². The number of hydrogen-bond donors (Lipinski definition) is 6. The summed E-state index contributed by atoms with van der Waals surface area (Å²) in [6.07, 6.45) is -0.675. The van der Waals surface area contributed by atoms with Gasteiger partial charge in [0.15, 0.2) is 0 Å². The molecule has 2 aliphatic rings. The normalized spacial score (nSPS) is 21.8. The number of β-amino-alcohol motifs (C(OH)–C–C–N with tert-alkyl or cyclic N) is 2. The molecule has 0 amide bonds. The second-order valence-corrected chi connectivity index (χ2v) is 5.16. The van der Waals surface area contributed by atoms with Gasteiger partial charge in [0.1, 0.15) is 38.4 Å². The summed E-state index contributed by atoms with van der Waals surface area (Å²) in [5, 5.41) is 25.2. The SMILES string of the molecule is O.O.O[C@@H]1CNC(c2ccc(C3=[NH+]C[C@@H](O)CN3)cc2)=[NH+]C1.[Cl-].[Cl-]. The van der Waals surface area contributed by atoms with Gasteiger partial charge in [0.05, 0.1) is 11.1 Å². The number of aliphatic hydroxyl groups is 2. The van der Waals surface area contributed by atoms with Gasteiger partial charge in [-0.25, -0.2) is 0 Å². The molecule has 138 valence electrons. The number of nitrogens with one attached hydrogen (secondary N) is 4. The molecule has 2 atom stereocenters. The average molecular weight is 383 g/mol. The molecule has 0 spiro atoms.